The molecule has 3 N–H and O–H groups in total. The lowest BCUT2D eigenvalue weighted by Crippen LogP contribution is -2.26. The van der Waals surface area contributed by atoms with Crippen LogP contribution in [0.25, 0.3) is 11.1 Å². The van der Waals surface area contributed by atoms with Gasteiger partial charge in [-0.3, -0.25) is 14.9 Å². The van der Waals surface area contributed by atoms with E-state index in [9.17, 15) is 14.4 Å². The first-order valence-electron chi connectivity index (χ1n) is 10.8. The van der Waals surface area contributed by atoms with Gasteiger partial charge in [0.1, 0.15) is 12.4 Å². The van der Waals surface area contributed by atoms with Crippen molar-refractivity contribution in [3.63, 3.8) is 0 Å². The number of fused-ring (bicyclic) bond motifs is 3. The van der Waals surface area contributed by atoms with E-state index in [-0.39, 0.29) is 36.8 Å². The highest BCUT2D eigenvalue weighted by Crippen LogP contribution is 2.44. The Morgan fingerprint density at radius 3 is 2.21 bits per heavy atom. The zero-order valence-corrected chi connectivity index (χ0v) is 18.5. The van der Waals surface area contributed by atoms with Crippen molar-refractivity contribution >= 4 is 23.7 Å². The number of hydrogen-bond acceptors (Lipinski definition) is 5. The number of methoxy groups -OCH3 is 1. The number of carbonyl (C=O) groups is 3. The van der Waals surface area contributed by atoms with E-state index >= 15 is 0 Å². The molecule has 0 saturated heterocycles. The number of amides is 2. The van der Waals surface area contributed by atoms with Crippen LogP contribution < -0.4 is 15.4 Å². The molecule has 0 fully saturated rings. The molecular formula is C26H24N2O6. The molecule has 1 aliphatic rings. The van der Waals surface area contributed by atoms with Crippen molar-refractivity contribution in [1.29, 1.82) is 0 Å². The molecule has 0 atom stereocenters. The van der Waals surface area contributed by atoms with Gasteiger partial charge in [-0.1, -0.05) is 48.5 Å². The Bertz CT molecular complexity index is 1190. The van der Waals surface area contributed by atoms with Gasteiger partial charge in [-0.2, -0.15) is 0 Å². The molecule has 0 heterocycles. The van der Waals surface area contributed by atoms with E-state index in [0.29, 0.717) is 5.69 Å². The highest BCUT2D eigenvalue weighted by molar-refractivity contribution is 5.98. The Hall–Kier alpha value is -4.33. The summed E-state index contributed by atoms with van der Waals surface area (Å²) >= 11 is 0. The number of carboxylic acids is 1. The van der Waals surface area contributed by atoms with Crippen molar-refractivity contribution in [3.8, 4) is 16.9 Å². The van der Waals surface area contributed by atoms with Gasteiger partial charge >= 0.3 is 12.1 Å². The summed E-state index contributed by atoms with van der Waals surface area (Å²) in [6, 6.07) is 20.7. The highest BCUT2D eigenvalue weighted by Gasteiger charge is 2.29. The molecule has 4 rings (SSSR count). The summed E-state index contributed by atoms with van der Waals surface area (Å²) in [5.74, 6) is -1.28. The van der Waals surface area contributed by atoms with Crippen LogP contribution in [0.1, 0.15) is 33.8 Å². The summed E-state index contributed by atoms with van der Waals surface area (Å²) in [6.07, 6.45) is -0.808. The third kappa shape index (κ3) is 4.85. The van der Waals surface area contributed by atoms with Gasteiger partial charge in [0.25, 0.3) is 5.91 Å². The number of carboxylic acid groups (broad SMARTS) is 1. The lowest BCUT2D eigenvalue weighted by molar-refractivity contribution is -0.136. The Kier molecular flexibility index (Phi) is 6.77. The zero-order valence-electron chi connectivity index (χ0n) is 18.5. The number of anilines is 1. The second-order valence-electron chi connectivity index (χ2n) is 7.77. The summed E-state index contributed by atoms with van der Waals surface area (Å²) in [7, 11) is 1.40. The van der Waals surface area contributed by atoms with Crippen LogP contribution in [0.4, 0.5) is 10.5 Å². The van der Waals surface area contributed by atoms with E-state index in [2.05, 4.69) is 22.8 Å². The number of rotatable bonds is 8. The first-order chi connectivity index (χ1) is 16.5. The second kappa shape index (κ2) is 10.1. The summed E-state index contributed by atoms with van der Waals surface area (Å²) in [4.78, 5) is 35.4. The fraction of sp³-hybridized carbons (Fsp3) is 0.192. The fourth-order valence-corrected chi connectivity index (χ4v) is 4.09. The van der Waals surface area contributed by atoms with Gasteiger partial charge in [0.2, 0.25) is 0 Å². The van der Waals surface area contributed by atoms with E-state index in [1.807, 2.05) is 36.4 Å². The van der Waals surface area contributed by atoms with E-state index in [0.717, 1.165) is 22.3 Å². The lowest BCUT2D eigenvalue weighted by atomic mass is 9.98. The predicted octanol–water partition coefficient (Wildman–Crippen LogP) is 4.26. The molecule has 0 saturated carbocycles. The second-order valence-corrected chi connectivity index (χ2v) is 7.77. The van der Waals surface area contributed by atoms with Crippen molar-refractivity contribution in [3.05, 3.63) is 83.4 Å². The van der Waals surface area contributed by atoms with Crippen molar-refractivity contribution in [1.82, 2.24) is 5.32 Å². The third-order valence-electron chi connectivity index (χ3n) is 5.66. The maximum atomic E-state index is 12.5. The minimum Gasteiger partial charge on any atom is -0.496 e. The average molecular weight is 460 g/mol. The molecule has 0 aromatic heterocycles. The molecule has 0 radical (unpaired) electrons. The fourth-order valence-electron chi connectivity index (χ4n) is 4.09. The van der Waals surface area contributed by atoms with Crippen molar-refractivity contribution in [2.24, 2.45) is 0 Å². The highest BCUT2D eigenvalue weighted by atomic mass is 16.5. The van der Waals surface area contributed by atoms with Crippen LogP contribution in [0, 0.1) is 0 Å². The topological polar surface area (TPSA) is 114 Å². The van der Waals surface area contributed by atoms with Crippen LogP contribution >= 0.6 is 0 Å². The normalized spacial score (nSPS) is 11.8. The van der Waals surface area contributed by atoms with Gasteiger partial charge in [-0.05, 0) is 34.4 Å². The van der Waals surface area contributed by atoms with Crippen LogP contribution in [-0.4, -0.2) is 43.3 Å². The minimum atomic E-state index is -1.00. The molecule has 3 aromatic rings. The predicted molar refractivity (Wildman–Crippen MR) is 126 cm³/mol. The summed E-state index contributed by atoms with van der Waals surface area (Å²) in [5, 5.41) is 13.9. The first kappa shape index (κ1) is 22.8. The first-order valence-corrected chi connectivity index (χ1v) is 10.8. The van der Waals surface area contributed by atoms with Gasteiger partial charge in [0.05, 0.1) is 19.1 Å². The SMILES string of the molecule is COc1cc(NC(=O)OCC2c3ccccc3-c3ccccc32)ccc1C(=O)NCCC(=O)O. The van der Waals surface area contributed by atoms with E-state index in [1.165, 1.54) is 19.2 Å². The van der Waals surface area contributed by atoms with Crippen LogP contribution in [-0.2, 0) is 9.53 Å². The van der Waals surface area contributed by atoms with E-state index in [1.54, 1.807) is 6.07 Å². The van der Waals surface area contributed by atoms with Crippen molar-refractivity contribution < 1.29 is 29.0 Å². The molecule has 3 aromatic carbocycles. The molecule has 34 heavy (non-hydrogen) atoms. The molecule has 0 bridgehead atoms. The van der Waals surface area contributed by atoms with Gasteiger partial charge in [-0.15, -0.1) is 0 Å². The van der Waals surface area contributed by atoms with Crippen molar-refractivity contribution in [2.45, 2.75) is 12.3 Å². The molecule has 2 amide bonds. The summed E-state index contributed by atoms with van der Waals surface area (Å²) < 4.78 is 10.8. The summed E-state index contributed by atoms with van der Waals surface area (Å²) in [6.45, 7) is 0.179. The monoisotopic (exact) mass is 460 g/mol. The zero-order chi connectivity index (χ0) is 24.1. The molecule has 0 unspecified atom stereocenters. The van der Waals surface area contributed by atoms with Crippen LogP contribution in [0.2, 0.25) is 0 Å². The summed E-state index contributed by atoms with van der Waals surface area (Å²) in [5.41, 5.74) is 5.16. The largest absolute Gasteiger partial charge is 0.496 e. The molecule has 8 nitrogen and oxygen atoms in total. The smallest absolute Gasteiger partial charge is 0.411 e. The molecule has 0 spiro atoms. The molecular weight excluding hydrogens is 436 g/mol. The molecule has 174 valence electrons. The number of benzene rings is 3. The molecule has 0 aliphatic heterocycles. The standard InChI is InChI=1S/C26H24N2O6/c1-33-23-14-16(10-11-21(23)25(31)27-13-12-24(29)30)28-26(32)34-15-22-19-8-4-2-6-17(19)18-7-3-5-9-20(18)22/h2-11,14,22H,12-13,15H2,1H3,(H,27,31)(H,28,32)(H,29,30). The molecule has 1 aliphatic carbocycles. The number of hydrogen-bond donors (Lipinski definition) is 3. The van der Waals surface area contributed by atoms with Crippen LogP contribution in [0.3, 0.4) is 0 Å². The lowest BCUT2D eigenvalue weighted by Gasteiger charge is -2.15. The quantitative estimate of drug-likeness (QED) is 0.463. The average Bonchev–Trinajstić information content (AvgIpc) is 3.16. The number of ether oxygens (including phenoxy) is 2. The van der Waals surface area contributed by atoms with E-state index in [4.69, 9.17) is 14.6 Å². The molecule has 8 heteroatoms. The Balaban J connectivity index is 1.40. The number of carbonyl (C=O) groups excluding carboxylic acids is 2. The number of aliphatic carboxylic acids is 1. The van der Waals surface area contributed by atoms with Gasteiger partial charge in [0, 0.05) is 24.2 Å². The third-order valence-corrected chi connectivity index (χ3v) is 5.66. The Morgan fingerprint density at radius 1 is 0.941 bits per heavy atom. The van der Waals surface area contributed by atoms with Crippen LogP contribution in [0.5, 0.6) is 5.75 Å². The minimum absolute atomic E-state index is 0.00290. The Morgan fingerprint density at radius 2 is 1.59 bits per heavy atom. The van der Waals surface area contributed by atoms with Crippen LogP contribution in [0.15, 0.2) is 66.7 Å². The van der Waals surface area contributed by atoms with Gasteiger partial charge in [0.15, 0.2) is 0 Å². The Labute approximate surface area is 196 Å². The van der Waals surface area contributed by atoms with Gasteiger partial charge < -0.3 is 19.9 Å². The van der Waals surface area contributed by atoms with Gasteiger partial charge in [-0.25, -0.2) is 4.79 Å². The van der Waals surface area contributed by atoms with Crippen molar-refractivity contribution in [2.75, 3.05) is 25.6 Å². The maximum absolute atomic E-state index is 12.5. The van der Waals surface area contributed by atoms with E-state index < -0.39 is 18.0 Å². The number of nitrogens with one attached hydrogen (secondary N) is 2. The maximum Gasteiger partial charge on any atom is 0.411 e.